The third kappa shape index (κ3) is 3.95. The molecular weight excluding hydrogens is 254 g/mol. The standard InChI is InChI=1S/C15H29N3O2/c1-9-6-10(2)13(16)7-12(9)15(20)18(5)8-11(3)14(19)17-4/h9-13H,6-8,16H2,1-5H3,(H,17,19). The van der Waals surface area contributed by atoms with Gasteiger partial charge in [-0.2, -0.15) is 0 Å². The molecule has 1 fully saturated rings. The lowest BCUT2D eigenvalue weighted by atomic mass is 9.72. The molecule has 5 nitrogen and oxygen atoms in total. The van der Waals surface area contributed by atoms with Crippen molar-refractivity contribution in [1.29, 1.82) is 0 Å². The third-order valence-electron chi connectivity index (χ3n) is 4.62. The number of hydrogen-bond donors (Lipinski definition) is 2. The molecule has 1 rings (SSSR count). The van der Waals surface area contributed by atoms with Crippen LogP contribution in [0.15, 0.2) is 0 Å². The Hall–Kier alpha value is -1.10. The first-order valence-corrected chi connectivity index (χ1v) is 7.50. The summed E-state index contributed by atoms with van der Waals surface area (Å²) in [5.74, 6) is 0.713. The molecule has 0 saturated heterocycles. The van der Waals surface area contributed by atoms with Crippen LogP contribution in [-0.2, 0) is 9.59 Å². The van der Waals surface area contributed by atoms with Gasteiger partial charge in [-0.3, -0.25) is 9.59 Å². The van der Waals surface area contributed by atoms with Crippen molar-refractivity contribution in [3.63, 3.8) is 0 Å². The van der Waals surface area contributed by atoms with Crippen molar-refractivity contribution in [3.05, 3.63) is 0 Å². The molecule has 0 radical (unpaired) electrons. The molecule has 0 bridgehead atoms. The second kappa shape index (κ2) is 7.07. The van der Waals surface area contributed by atoms with E-state index in [1.807, 2.05) is 6.92 Å². The first-order valence-electron chi connectivity index (χ1n) is 7.50. The Morgan fingerprint density at radius 3 is 2.45 bits per heavy atom. The SMILES string of the molecule is CNC(=O)C(C)CN(C)C(=O)C1CC(N)C(C)CC1C. The summed E-state index contributed by atoms with van der Waals surface area (Å²) in [6.45, 7) is 6.56. The van der Waals surface area contributed by atoms with Crippen molar-refractivity contribution >= 4 is 11.8 Å². The molecule has 0 heterocycles. The Labute approximate surface area is 122 Å². The molecule has 0 aromatic rings. The minimum atomic E-state index is -0.194. The molecule has 116 valence electrons. The lowest BCUT2D eigenvalue weighted by Crippen LogP contribution is -2.47. The number of nitrogens with zero attached hydrogens (tertiary/aromatic N) is 1. The van der Waals surface area contributed by atoms with Crippen molar-refractivity contribution in [3.8, 4) is 0 Å². The average Bonchev–Trinajstić information content (AvgIpc) is 2.40. The number of carbonyl (C=O) groups excluding carboxylic acids is 2. The highest BCUT2D eigenvalue weighted by Gasteiger charge is 2.36. The zero-order valence-electron chi connectivity index (χ0n) is 13.3. The number of carbonyl (C=O) groups is 2. The van der Waals surface area contributed by atoms with Gasteiger partial charge in [-0.05, 0) is 24.7 Å². The molecule has 20 heavy (non-hydrogen) atoms. The maximum atomic E-state index is 12.5. The Balaban J connectivity index is 2.62. The van der Waals surface area contributed by atoms with Crippen LogP contribution in [0.4, 0.5) is 0 Å². The van der Waals surface area contributed by atoms with Gasteiger partial charge in [0.25, 0.3) is 0 Å². The maximum Gasteiger partial charge on any atom is 0.225 e. The van der Waals surface area contributed by atoms with Crippen molar-refractivity contribution in [1.82, 2.24) is 10.2 Å². The second-order valence-electron chi connectivity index (χ2n) is 6.43. The number of amides is 2. The average molecular weight is 283 g/mol. The molecule has 1 aliphatic rings. The minimum Gasteiger partial charge on any atom is -0.359 e. The fourth-order valence-corrected chi connectivity index (χ4v) is 3.14. The quantitative estimate of drug-likeness (QED) is 0.802. The predicted octanol–water partition coefficient (Wildman–Crippen LogP) is 0.836. The molecule has 0 aromatic carbocycles. The molecule has 1 aliphatic carbocycles. The van der Waals surface area contributed by atoms with E-state index >= 15 is 0 Å². The van der Waals surface area contributed by atoms with E-state index in [4.69, 9.17) is 5.73 Å². The van der Waals surface area contributed by atoms with Crippen LogP contribution in [0, 0.1) is 23.7 Å². The Morgan fingerprint density at radius 1 is 1.30 bits per heavy atom. The summed E-state index contributed by atoms with van der Waals surface area (Å²) >= 11 is 0. The highest BCUT2D eigenvalue weighted by atomic mass is 16.2. The molecule has 3 N–H and O–H groups in total. The second-order valence-corrected chi connectivity index (χ2v) is 6.43. The summed E-state index contributed by atoms with van der Waals surface area (Å²) in [5, 5.41) is 2.61. The largest absolute Gasteiger partial charge is 0.359 e. The zero-order chi connectivity index (χ0) is 15.4. The van der Waals surface area contributed by atoms with Gasteiger partial charge in [0.15, 0.2) is 0 Å². The highest BCUT2D eigenvalue weighted by molar-refractivity contribution is 5.81. The summed E-state index contributed by atoms with van der Waals surface area (Å²) in [4.78, 5) is 25.8. The van der Waals surface area contributed by atoms with Gasteiger partial charge in [0.05, 0.1) is 5.92 Å². The third-order valence-corrected chi connectivity index (χ3v) is 4.62. The monoisotopic (exact) mass is 283 g/mol. The molecule has 5 unspecified atom stereocenters. The van der Waals surface area contributed by atoms with E-state index in [0.29, 0.717) is 18.4 Å². The first kappa shape index (κ1) is 17.0. The van der Waals surface area contributed by atoms with Crippen LogP contribution in [0.25, 0.3) is 0 Å². The Kier molecular flexibility index (Phi) is 5.99. The van der Waals surface area contributed by atoms with Crippen molar-refractivity contribution < 1.29 is 9.59 Å². The van der Waals surface area contributed by atoms with Crippen LogP contribution in [0.3, 0.4) is 0 Å². The summed E-state index contributed by atoms with van der Waals surface area (Å²) in [7, 11) is 3.39. The van der Waals surface area contributed by atoms with Crippen molar-refractivity contribution in [2.24, 2.45) is 29.4 Å². The van der Waals surface area contributed by atoms with E-state index < -0.39 is 0 Å². The molecule has 2 amide bonds. The van der Waals surface area contributed by atoms with Crippen LogP contribution in [0.2, 0.25) is 0 Å². The summed E-state index contributed by atoms with van der Waals surface area (Å²) < 4.78 is 0. The van der Waals surface area contributed by atoms with Crippen LogP contribution in [-0.4, -0.2) is 43.4 Å². The van der Waals surface area contributed by atoms with Gasteiger partial charge in [-0.25, -0.2) is 0 Å². The Bertz CT molecular complexity index is 359. The van der Waals surface area contributed by atoms with Gasteiger partial charge in [0.2, 0.25) is 11.8 Å². The highest BCUT2D eigenvalue weighted by Crippen LogP contribution is 2.33. The minimum absolute atomic E-state index is 0.0110. The number of nitrogens with one attached hydrogen (secondary N) is 1. The number of hydrogen-bond acceptors (Lipinski definition) is 3. The summed E-state index contributed by atoms with van der Waals surface area (Å²) in [6, 6.07) is 0.102. The molecule has 5 atom stereocenters. The fraction of sp³-hybridized carbons (Fsp3) is 0.867. The van der Waals surface area contributed by atoms with E-state index in [1.54, 1.807) is 19.0 Å². The van der Waals surface area contributed by atoms with E-state index in [1.165, 1.54) is 0 Å². The molecule has 0 aromatic heterocycles. The topological polar surface area (TPSA) is 75.4 Å². The lowest BCUT2D eigenvalue weighted by Gasteiger charge is -2.38. The summed E-state index contributed by atoms with van der Waals surface area (Å²) in [5.41, 5.74) is 6.10. The fourth-order valence-electron chi connectivity index (χ4n) is 3.14. The first-order chi connectivity index (χ1) is 9.27. The van der Waals surface area contributed by atoms with Gasteiger partial charge < -0.3 is 16.0 Å². The van der Waals surface area contributed by atoms with Gasteiger partial charge >= 0.3 is 0 Å². The zero-order valence-corrected chi connectivity index (χ0v) is 13.3. The van der Waals surface area contributed by atoms with Crippen molar-refractivity contribution in [2.75, 3.05) is 20.6 Å². The molecule has 0 spiro atoms. The van der Waals surface area contributed by atoms with E-state index in [-0.39, 0.29) is 29.7 Å². The van der Waals surface area contributed by atoms with Crippen LogP contribution in [0.5, 0.6) is 0 Å². The maximum absolute atomic E-state index is 12.5. The number of nitrogens with two attached hydrogens (primary N) is 1. The molecule has 1 saturated carbocycles. The van der Waals surface area contributed by atoms with Gasteiger partial charge in [-0.15, -0.1) is 0 Å². The Morgan fingerprint density at radius 2 is 1.90 bits per heavy atom. The molecule has 0 aliphatic heterocycles. The smallest absolute Gasteiger partial charge is 0.225 e. The van der Waals surface area contributed by atoms with Crippen LogP contribution in [0.1, 0.15) is 33.6 Å². The van der Waals surface area contributed by atoms with Crippen molar-refractivity contribution in [2.45, 2.75) is 39.7 Å². The van der Waals surface area contributed by atoms with Gasteiger partial charge in [0.1, 0.15) is 0 Å². The normalized spacial score (nSPS) is 31.5. The van der Waals surface area contributed by atoms with E-state index in [9.17, 15) is 9.59 Å². The van der Waals surface area contributed by atoms with Gasteiger partial charge in [-0.1, -0.05) is 20.8 Å². The predicted molar refractivity (Wildman–Crippen MR) is 79.9 cm³/mol. The van der Waals surface area contributed by atoms with Crippen LogP contribution < -0.4 is 11.1 Å². The van der Waals surface area contributed by atoms with E-state index in [2.05, 4.69) is 19.2 Å². The lowest BCUT2D eigenvalue weighted by molar-refractivity contribution is -0.139. The molecule has 5 heteroatoms. The van der Waals surface area contributed by atoms with Crippen LogP contribution >= 0.6 is 0 Å². The summed E-state index contributed by atoms with van der Waals surface area (Å²) in [6.07, 6.45) is 1.75. The number of rotatable bonds is 4. The van der Waals surface area contributed by atoms with E-state index in [0.717, 1.165) is 12.8 Å². The van der Waals surface area contributed by atoms with Gasteiger partial charge in [0, 0.05) is 32.6 Å². The molecular formula is C15H29N3O2.